The third-order valence-electron chi connectivity index (χ3n) is 6.58. The van der Waals surface area contributed by atoms with E-state index in [1.54, 1.807) is 0 Å². The molecule has 3 nitrogen and oxygen atoms in total. The monoisotopic (exact) mass is 264 g/mol. The molecule has 0 amide bonds. The van der Waals surface area contributed by atoms with Crippen LogP contribution in [0.2, 0.25) is 0 Å². The maximum absolute atomic E-state index is 3.83. The van der Waals surface area contributed by atoms with Gasteiger partial charge in [0.1, 0.15) is 6.67 Å². The van der Waals surface area contributed by atoms with Gasteiger partial charge in [-0.25, -0.2) is 0 Å². The van der Waals surface area contributed by atoms with Gasteiger partial charge in [-0.2, -0.15) is 0 Å². The molecule has 5 atom stereocenters. The van der Waals surface area contributed by atoms with Crippen LogP contribution in [0.4, 0.5) is 0 Å². The summed E-state index contributed by atoms with van der Waals surface area (Å²) in [5, 5.41) is 3.83. The van der Waals surface area contributed by atoms with E-state index in [-0.39, 0.29) is 0 Å². The number of hydrogen-bond donors (Lipinski definition) is 1. The number of nitrogens with zero attached hydrogens (tertiary/aromatic N) is 2. The Morgan fingerprint density at radius 2 is 2.05 bits per heavy atom. The summed E-state index contributed by atoms with van der Waals surface area (Å²) < 4.78 is 1.29. The van der Waals surface area contributed by atoms with E-state index >= 15 is 0 Å². The first-order valence-electron chi connectivity index (χ1n) is 8.54. The average molecular weight is 264 g/mol. The fourth-order valence-corrected chi connectivity index (χ4v) is 5.38. The fraction of sp³-hybridized carbons (Fsp3) is 1.00. The maximum atomic E-state index is 3.83. The van der Waals surface area contributed by atoms with Gasteiger partial charge < -0.3 is 9.38 Å². The van der Waals surface area contributed by atoms with Crippen LogP contribution in [-0.4, -0.2) is 61.4 Å². The number of hydrogen-bond acceptors (Lipinski definition) is 2. The van der Waals surface area contributed by atoms with E-state index in [4.69, 9.17) is 0 Å². The lowest BCUT2D eigenvalue weighted by atomic mass is 9.74. The Morgan fingerprint density at radius 3 is 2.84 bits per heavy atom. The van der Waals surface area contributed by atoms with Crippen LogP contribution in [0.25, 0.3) is 0 Å². The number of piperidine rings is 3. The van der Waals surface area contributed by atoms with Crippen molar-refractivity contribution in [3.63, 3.8) is 0 Å². The SMILES string of the molecule is C[N+]12CCC(NC1)C(C1CCC3CCCCN3C1)C2. The second-order valence-electron chi connectivity index (χ2n) is 7.93. The minimum absolute atomic E-state index is 0.839. The molecule has 0 radical (unpaired) electrons. The largest absolute Gasteiger partial charge is 0.313 e. The van der Waals surface area contributed by atoms with Crippen molar-refractivity contribution in [3.8, 4) is 0 Å². The molecule has 5 fully saturated rings. The average Bonchev–Trinajstić information content (AvgIpc) is 2.47. The molecule has 108 valence electrons. The summed E-state index contributed by atoms with van der Waals surface area (Å²) in [4.78, 5) is 2.84. The Kier molecular flexibility index (Phi) is 3.13. The van der Waals surface area contributed by atoms with Gasteiger partial charge in [-0.15, -0.1) is 0 Å². The molecule has 0 aromatic heterocycles. The zero-order valence-electron chi connectivity index (χ0n) is 12.5. The van der Waals surface area contributed by atoms with Crippen molar-refractivity contribution >= 4 is 0 Å². The molecule has 5 heterocycles. The van der Waals surface area contributed by atoms with Gasteiger partial charge in [0, 0.05) is 31.0 Å². The summed E-state index contributed by atoms with van der Waals surface area (Å²) in [6.07, 6.45) is 8.81. The molecule has 1 N–H and O–H groups in total. The highest BCUT2D eigenvalue weighted by molar-refractivity contribution is 4.93. The summed E-state index contributed by atoms with van der Waals surface area (Å²) >= 11 is 0. The van der Waals surface area contributed by atoms with Gasteiger partial charge >= 0.3 is 0 Å². The third kappa shape index (κ3) is 2.24. The lowest BCUT2D eigenvalue weighted by Gasteiger charge is -2.55. The van der Waals surface area contributed by atoms with Crippen LogP contribution in [0.15, 0.2) is 0 Å². The molecule has 19 heavy (non-hydrogen) atoms. The molecule has 0 saturated carbocycles. The van der Waals surface area contributed by atoms with Crippen LogP contribution >= 0.6 is 0 Å². The summed E-state index contributed by atoms with van der Waals surface area (Å²) in [6, 6.07) is 1.79. The predicted octanol–water partition coefficient (Wildman–Crippen LogP) is 1.65. The lowest BCUT2D eigenvalue weighted by Crippen LogP contribution is -2.70. The Hall–Kier alpha value is -0.120. The first kappa shape index (κ1) is 12.6. The normalized spacial score (nSPS) is 51.0. The van der Waals surface area contributed by atoms with E-state index in [1.165, 1.54) is 75.9 Å². The van der Waals surface area contributed by atoms with E-state index in [0.29, 0.717) is 0 Å². The van der Waals surface area contributed by atoms with Crippen molar-refractivity contribution in [1.29, 1.82) is 0 Å². The van der Waals surface area contributed by atoms with Gasteiger partial charge in [0.2, 0.25) is 0 Å². The molecule has 5 rings (SSSR count). The molecule has 2 bridgehead atoms. The number of nitrogens with one attached hydrogen (secondary N) is 1. The first-order chi connectivity index (χ1) is 9.23. The van der Waals surface area contributed by atoms with Gasteiger partial charge in [-0.1, -0.05) is 6.42 Å². The van der Waals surface area contributed by atoms with Crippen LogP contribution in [0.5, 0.6) is 0 Å². The van der Waals surface area contributed by atoms with Crippen molar-refractivity contribution in [2.24, 2.45) is 11.8 Å². The molecular weight excluding hydrogens is 234 g/mol. The Morgan fingerprint density at radius 1 is 1.11 bits per heavy atom. The summed E-state index contributed by atoms with van der Waals surface area (Å²) in [6.45, 7) is 6.87. The van der Waals surface area contributed by atoms with Crippen LogP contribution in [0, 0.1) is 11.8 Å². The number of quaternary nitrogens is 1. The minimum Gasteiger partial charge on any atom is -0.313 e. The van der Waals surface area contributed by atoms with Crippen LogP contribution in [-0.2, 0) is 0 Å². The predicted molar refractivity (Wildman–Crippen MR) is 77.8 cm³/mol. The van der Waals surface area contributed by atoms with E-state index in [1.807, 2.05) is 0 Å². The second-order valence-corrected chi connectivity index (χ2v) is 7.93. The zero-order chi connectivity index (χ0) is 12.9. The third-order valence-corrected chi connectivity index (χ3v) is 6.58. The molecule has 5 aliphatic rings. The minimum atomic E-state index is 0.839. The highest BCUT2D eigenvalue weighted by Gasteiger charge is 2.47. The molecule has 0 aromatic rings. The Bertz CT molecular complexity index is 335. The van der Waals surface area contributed by atoms with Crippen molar-refractivity contribution in [1.82, 2.24) is 10.2 Å². The number of fused-ring (bicyclic) bond motifs is 4. The molecule has 0 aromatic carbocycles. The highest BCUT2D eigenvalue weighted by atomic mass is 15.4. The van der Waals surface area contributed by atoms with Gasteiger partial charge in [0.05, 0.1) is 20.1 Å². The summed E-state index contributed by atoms with van der Waals surface area (Å²) in [5.74, 6) is 1.93. The van der Waals surface area contributed by atoms with E-state index in [9.17, 15) is 0 Å². The molecule has 0 aliphatic carbocycles. The highest BCUT2D eigenvalue weighted by Crippen LogP contribution is 2.38. The topological polar surface area (TPSA) is 15.3 Å². The van der Waals surface area contributed by atoms with Crippen molar-refractivity contribution in [2.75, 3.05) is 39.9 Å². The lowest BCUT2D eigenvalue weighted by molar-refractivity contribution is -0.931. The van der Waals surface area contributed by atoms with Gasteiger partial charge in [0.15, 0.2) is 0 Å². The molecule has 0 spiro atoms. The van der Waals surface area contributed by atoms with Gasteiger partial charge in [-0.05, 0) is 38.1 Å². The van der Waals surface area contributed by atoms with Crippen LogP contribution < -0.4 is 5.32 Å². The quantitative estimate of drug-likeness (QED) is 0.725. The molecule has 5 unspecified atom stereocenters. The zero-order valence-corrected chi connectivity index (χ0v) is 12.5. The summed E-state index contributed by atoms with van der Waals surface area (Å²) in [5.41, 5.74) is 0. The first-order valence-corrected chi connectivity index (χ1v) is 8.54. The standard InChI is InChI=1S/C16H30N3/c1-19-9-7-16(17-12-19)15(11-19)13-5-6-14-4-2-3-8-18(14)10-13/h13-17H,2-12H2,1H3/q+1. The van der Waals surface area contributed by atoms with Crippen molar-refractivity contribution < 1.29 is 4.48 Å². The smallest absolute Gasteiger partial charge is 0.132 e. The maximum Gasteiger partial charge on any atom is 0.132 e. The van der Waals surface area contributed by atoms with Crippen molar-refractivity contribution in [2.45, 2.75) is 50.6 Å². The van der Waals surface area contributed by atoms with Crippen molar-refractivity contribution in [3.05, 3.63) is 0 Å². The van der Waals surface area contributed by atoms with Crippen LogP contribution in [0.1, 0.15) is 38.5 Å². The molecule has 5 aliphatic heterocycles. The van der Waals surface area contributed by atoms with Gasteiger partial charge in [0.25, 0.3) is 0 Å². The molecule has 3 heteroatoms. The van der Waals surface area contributed by atoms with E-state index < -0.39 is 0 Å². The van der Waals surface area contributed by atoms with E-state index in [0.717, 1.165) is 23.9 Å². The van der Waals surface area contributed by atoms with Crippen LogP contribution in [0.3, 0.4) is 0 Å². The van der Waals surface area contributed by atoms with Gasteiger partial charge in [-0.3, -0.25) is 5.32 Å². The fourth-order valence-electron chi connectivity index (χ4n) is 5.38. The summed E-state index contributed by atoms with van der Waals surface area (Å²) in [7, 11) is 2.46. The Balaban J connectivity index is 1.45. The second kappa shape index (κ2) is 4.71. The number of rotatable bonds is 1. The molecule has 5 saturated heterocycles. The van der Waals surface area contributed by atoms with E-state index in [2.05, 4.69) is 17.3 Å². The molecular formula is C16H30N3+. The Labute approximate surface area is 117 Å².